The highest BCUT2D eigenvalue weighted by atomic mass is 35.5. The largest absolute Gasteiger partial charge is 0.489 e. The van der Waals surface area contributed by atoms with Crippen molar-refractivity contribution >= 4 is 29.2 Å². The lowest BCUT2D eigenvalue weighted by atomic mass is 10.2. The summed E-state index contributed by atoms with van der Waals surface area (Å²) >= 11 is 11.9. The number of hydrogen-bond donors (Lipinski definition) is 2. The smallest absolute Gasteiger partial charge is 0.218 e. The Morgan fingerprint density at radius 3 is 2.48 bits per heavy atom. The van der Waals surface area contributed by atoms with Crippen molar-refractivity contribution in [2.24, 2.45) is 0 Å². The maximum atomic E-state index is 5.99. The number of hydrogen-bond acceptors (Lipinski definition) is 4. The number of halogens is 2. The number of ether oxygens (including phenoxy) is 1. The molecule has 0 amide bonds. The molecule has 3 aromatic rings. The van der Waals surface area contributed by atoms with E-state index in [2.05, 4.69) is 20.5 Å². The van der Waals surface area contributed by atoms with Gasteiger partial charge in [0, 0.05) is 6.54 Å². The first-order valence-corrected chi connectivity index (χ1v) is 7.71. The first-order valence-electron chi connectivity index (χ1n) is 6.95. The third-order valence-corrected chi connectivity index (χ3v) is 3.93. The van der Waals surface area contributed by atoms with E-state index in [0.717, 1.165) is 16.9 Å². The Morgan fingerprint density at radius 2 is 1.78 bits per heavy atom. The summed E-state index contributed by atoms with van der Waals surface area (Å²) in [7, 11) is 0. The summed E-state index contributed by atoms with van der Waals surface area (Å²) in [5, 5.41) is 10.7. The van der Waals surface area contributed by atoms with E-state index in [0.29, 0.717) is 29.1 Å². The number of H-pyrrole nitrogens is 1. The second-order valence-corrected chi connectivity index (χ2v) is 5.68. The van der Waals surface area contributed by atoms with Crippen molar-refractivity contribution in [3.8, 4) is 5.75 Å². The molecule has 23 heavy (non-hydrogen) atoms. The van der Waals surface area contributed by atoms with Gasteiger partial charge in [0.25, 0.3) is 0 Å². The standard InChI is InChI=1S/C16H14Cl2N4O/c17-14-6-3-12(7-15(14)18)9-23-13-4-1-11(2-5-13)8-19-16-20-10-21-22-16/h1-7,10H,8-9H2,(H2,19,20,21,22). The van der Waals surface area contributed by atoms with Gasteiger partial charge in [-0.05, 0) is 35.4 Å². The van der Waals surface area contributed by atoms with Gasteiger partial charge in [0.05, 0.1) is 10.0 Å². The summed E-state index contributed by atoms with van der Waals surface area (Å²) in [5.41, 5.74) is 2.08. The molecule has 0 unspecified atom stereocenters. The van der Waals surface area contributed by atoms with Crippen LogP contribution in [0.2, 0.25) is 10.0 Å². The van der Waals surface area contributed by atoms with Gasteiger partial charge in [0.1, 0.15) is 18.7 Å². The third-order valence-electron chi connectivity index (χ3n) is 3.19. The zero-order valence-corrected chi connectivity index (χ0v) is 13.6. The molecule has 0 radical (unpaired) electrons. The molecule has 1 heterocycles. The molecule has 1 aromatic heterocycles. The van der Waals surface area contributed by atoms with Gasteiger partial charge < -0.3 is 10.1 Å². The second-order valence-electron chi connectivity index (χ2n) is 4.87. The van der Waals surface area contributed by atoms with Gasteiger partial charge in [-0.15, -0.1) is 0 Å². The van der Waals surface area contributed by atoms with Gasteiger partial charge in [-0.25, -0.2) is 10.1 Å². The topological polar surface area (TPSA) is 62.8 Å². The Hall–Kier alpha value is -2.24. The van der Waals surface area contributed by atoms with Gasteiger partial charge >= 0.3 is 0 Å². The van der Waals surface area contributed by atoms with E-state index in [1.165, 1.54) is 6.33 Å². The van der Waals surface area contributed by atoms with E-state index in [4.69, 9.17) is 27.9 Å². The number of nitrogens with zero attached hydrogens (tertiary/aromatic N) is 2. The van der Waals surface area contributed by atoms with E-state index in [1.54, 1.807) is 12.1 Å². The lowest BCUT2D eigenvalue weighted by molar-refractivity contribution is 0.306. The van der Waals surface area contributed by atoms with E-state index >= 15 is 0 Å². The number of nitrogens with one attached hydrogen (secondary N) is 2. The number of benzene rings is 2. The molecular weight excluding hydrogens is 335 g/mol. The summed E-state index contributed by atoms with van der Waals surface area (Å²) in [6.45, 7) is 1.09. The summed E-state index contributed by atoms with van der Waals surface area (Å²) < 4.78 is 5.74. The SMILES string of the molecule is Clc1ccc(COc2ccc(CNc3ncn[nH]3)cc2)cc1Cl. The molecule has 0 saturated heterocycles. The molecule has 0 bridgehead atoms. The van der Waals surface area contributed by atoms with E-state index in [9.17, 15) is 0 Å². The van der Waals surface area contributed by atoms with Crippen LogP contribution >= 0.6 is 23.2 Å². The van der Waals surface area contributed by atoms with Crippen LogP contribution in [-0.4, -0.2) is 15.2 Å². The summed E-state index contributed by atoms with van der Waals surface area (Å²) in [6.07, 6.45) is 1.46. The van der Waals surface area contributed by atoms with Gasteiger partial charge in [-0.1, -0.05) is 41.4 Å². The zero-order valence-electron chi connectivity index (χ0n) is 12.1. The molecule has 7 heteroatoms. The quantitative estimate of drug-likeness (QED) is 0.696. The fourth-order valence-corrected chi connectivity index (χ4v) is 2.30. The summed E-state index contributed by atoms with van der Waals surface area (Å²) in [4.78, 5) is 4.00. The minimum atomic E-state index is 0.437. The van der Waals surface area contributed by atoms with Crippen LogP contribution in [0.1, 0.15) is 11.1 Å². The molecule has 0 spiro atoms. The van der Waals surface area contributed by atoms with E-state index < -0.39 is 0 Å². The minimum absolute atomic E-state index is 0.437. The van der Waals surface area contributed by atoms with E-state index in [-0.39, 0.29) is 0 Å². The van der Waals surface area contributed by atoms with Crippen LogP contribution < -0.4 is 10.1 Å². The monoisotopic (exact) mass is 348 g/mol. The maximum absolute atomic E-state index is 5.99. The Kier molecular flexibility index (Phi) is 5.00. The third kappa shape index (κ3) is 4.37. The Morgan fingerprint density at radius 1 is 1.00 bits per heavy atom. The number of aromatic nitrogens is 3. The number of anilines is 1. The van der Waals surface area contributed by atoms with Crippen molar-refractivity contribution in [1.29, 1.82) is 0 Å². The Labute approximate surface area is 143 Å². The fraction of sp³-hybridized carbons (Fsp3) is 0.125. The molecule has 2 N–H and O–H groups in total. The molecule has 0 atom stereocenters. The second kappa shape index (κ2) is 7.35. The molecule has 118 valence electrons. The molecule has 0 aliphatic heterocycles. The normalized spacial score (nSPS) is 10.5. The Bertz CT molecular complexity index is 760. The predicted molar refractivity (Wildman–Crippen MR) is 90.9 cm³/mol. The van der Waals surface area contributed by atoms with Gasteiger partial charge in [-0.2, -0.15) is 5.10 Å². The first-order chi connectivity index (χ1) is 11.2. The van der Waals surface area contributed by atoms with Crippen LogP contribution in [-0.2, 0) is 13.2 Å². The van der Waals surface area contributed by atoms with Crippen molar-refractivity contribution in [3.05, 3.63) is 70.0 Å². The van der Waals surface area contributed by atoms with Crippen molar-refractivity contribution in [3.63, 3.8) is 0 Å². The highest BCUT2D eigenvalue weighted by Gasteiger charge is 2.02. The summed E-state index contributed by atoms with van der Waals surface area (Å²) in [5.74, 6) is 1.43. The molecule has 0 aliphatic carbocycles. The van der Waals surface area contributed by atoms with Gasteiger partial charge in [-0.3, -0.25) is 0 Å². The molecular formula is C16H14Cl2N4O. The lowest BCUT2D eigenvalue weighted by Crippen LogP contribution is -2.01. The molecule has 0 aliphatic rings. The van der Waals surface area contributed by atoms with E-state index in [1.807, 2.05) is 30.3 Å². The minimum Gasteiger partial charge on any atom is -0.489 e. The fourth-order valence-electron chi connectivity index (χ4n) is 1.98. The molecule has 5 nitrogen and oxygen atoms in total. The zero-order chi connectivity index (χ0) is 16.1. The van der Waals surface area contributed by atoms with Crippen molar-refractivity contribution in [2.45, 2.75) is 13.2 Å². The van der Waals surface area contributed by atoms with Crippen LogP contribution in [0.4, 0.5) is 5.95 Å². The van der Waals surface area contributed by atoms with Gasteiger partial charge in [0.15, 0.2) is 0 Å². The average Bonchev–Trinajstić information content (AvgIpc) is 3.08. The van der Waals surface area contributed by atoms with Crippen LogP contribution in [0, 0.1) is 0 Å². The van der Waals surface area contributed by atoms with Crippen molar-refractivity contribution in [2.75, 3.05) is 5.32 Å². The van der Waals surface area contributed by atoms with Crippen LogP contribution in [0.5, 0.6) is 5.75 Å². The first kappa shape index (κ1) is 15.6. The van der Waals surface area contributed by atoms with Crippen LogP contribution in [0.15, 0.2) is 48.8 Å². The van der Waals surface area contributed by atoms with Crippen LogP contribution in [0.25, 0.3) is 0 Å². The van der Waals surface area contributed by atoms with Crippen LogP contribution in [0.3, 0.4) is 0 Å². The summed E-state index contributed by atoms with van der Waals surface area (Å²) in [6, 6.07) is 13.3. The Balaban J connectivity index is 1.53. The predicted octanol–water partition coefficient (Wildman–Crippen LogP) is 4.30. The number of aromatic amines is 1. The highest BCUT2D eigenvalue weighted by molar-refractivity contribution is 6.42. The molecule has 0 saturated carbocycles. The molecule has 0 fully saturated rings. The van der Waals surface area contributed by atoms with Crippen molar-refractivity contribution < 1.29 is 4.74 Å². The van der Waals surface area contributed by atoms with Gasteiger partial charge in [0.2, 0.25) is 5.95 Å². The van der Waals surface area contributed by atoms with Crippen molar-refractivity contribution in [1.82, 2.24) is 15.2 Å². The average molecular weight is 349 g/mol. The molecule has 2 aromatic carbocycles. The number of rotatable bonds is 6. The maximum Gasteiger partial charge on any atom is 0.218 e. The lowest BCUT2D eigenvalue weighted by Gasteiger charge is -2.08. The highest BCUT2D eigenvalue weighted by Crippen LogP contribution is 2.23. The molecule has 3 rings (SSSR count).